The Morgan fingerprint density at radius 1 is 1.23 bits per heavy atom. The number of methoxy groups -OCH3 is 1. The third kappa shape index (κ3) is 4.09. The van der Waals surface area contributed by atoms with Crippen LogP contribution in [0.5, 0.6) is 5.75 Å². The summed E-state index contributed by atoms with van der Waals surface area (Å²) in [5, 5.41) is 0. The van der Waals surface area contributed by atoms with E-state index in [1.807, 2.05) is 12.1 Å². The fourth-order valence-corrected chi connectivity index (χ4v) is 4.95. The van der Waals surface area contributed by atoms with Crippen molar-refractivity contribution in [3.8, 4) is 5.75 Å². The van der Waals surface area contributed by atoms with Gasteiger partial charge in [0.1, 0.15) is 5.75 Å². The molecule has 0 heterocycles. The molecule has 1 saturated carbocycles. The molecule has 2 aliphatic carbocycles. The van der Waals surface area contributed by atoms with Gasteiger partial charge in [-0.2, -0.15) is 0 Å². The summed E-state index contributed by atoms with van der Waals surface area (Å²) < 4.78 is 12.9. The average Bonchev–Trinajstić information content (AvgIpc) is 2.89. The molecule has 0 bridgehead atoms. The maximum Gasteiger partial charge on any atom is 0.119 e. The molecule has 2 nitrogen and oxygen atoms in total. The van der Waals surface area contributed by atoms with Crippen LogP contribution >= 0.6 is 15.9 Å². The molecule has 142 valence electrons. The summed E-state index contributed by atoms with van der Waals surface area (Å²) in [6.07, 6.45) is 13.2. The number of halogens is 1. The predicted octanol–water partition coefficient (Wildman–Crippen LogP) is 6.65. The minimum atomic E-state index is -0.0828. The maximum absolute atomic E-state index is 6.45. The van der Waals surface area contributed by atoms with Gasteiger partial charge in [0.05, 0.1) is 18.8 Å². The second-order valence-electron chi connectivity index (χ2n) is 8.86. The molecule has 1 aromatic rings. The highest BCUT2D eigenvalue weighted by atomic mass is 79.9. The first-order valence-electron chi connectivity index (χ1n) is 9.59. The number of fused-ring (bicyclic) bond motifs is 1. The minimum Gasteiger partial charge on any atom is -0.497 e. The summed E-state index contributed by atoms with van der Waals surface area (Å²) in [5.74, 6) is 1.98. The molecular weight excluding hydrogens is 388 g/mol. The lowest BCUT2D eigenvalue weighted by molar-refractivity contribution is -0.111. The van der Waals surface area contributed by atoms with Gasteiger partial charge in [-0.1, -0.05) is 47.2 Å². The zero-order valence-electron chi connectivity index (χ0n) is 16.6. The first kappa shape index (κ1) is 19.7. The number of ether oxygens (including phenoxy) is 2. The van der Waals surface area contributed by atoms with Crippen LogP contribution in [0.4, 0.5) is 0 Å². The van der Waals surface area contributed by atoms with Crippen molar-refractivity contribution in [1.29, 1.82) is 0 Å². The Balaban J connectivity index is 1.80. The number of allylic oxidation sites excluding steroid dienone is 3. The van der Waals surface area contributed by atoms with Gasteiger partial charge in [0.2, 0.25) is 0 Å². The standard InChI is InChI=1S/C23H31BrO2/c1-22(2,3)26-21-13-11-19-16(7-6-14-23(19,21)4)8-9-17-15-18(25-5)10-12-20(17)24/h6-10,12,15-16,19,21H,11,13-14H2,1-5H3/b9-8-/t16-,19-,21-,23-/m0/s1. The molecule has 0 aromatic heterocycles. The van der Waals surface area contributed by atoms with Gasteiger partial charge in [-0.3, -0.25) is 0 Å². The second-order valence-corrected chi connectivity index (χ2v) is 9.72. The van der Waals surface area contributed by atoms with Gasteiger partial charge in [-0.25, -0.2) is 0 Å². The van der Waals surface area contributed by atoms with Crippen LogP contribution in [0, 0.1) is 17.3 Å². The fourth-order valence-electron chi connectivity index (χ4n) is 4.57. The van der Waals surface area contributed by atoms with Crippen LogP contribution in [0.1, 0.15) is 52.5 Å². The summed E-state index contributed by atoms with van der Waals surface area (Å²) in [4.78, 5) is 0. The summed E-state index contributed by atoms with van der Waals surface area (Å²) >= 11 is 3.65. The first-order valence-corrected chi connectivity index (χ1v) is 10.4. The highest BCUT2D eigenvalue weighted by molar-refractivity contribution is 9.10. The Morgan fingerprint density at radius 2 is 2.00 bits per heavy atom. The van der Waals surface area contributed by atoms with E-state index in [1.54, 1.807) is 7.11 Å². The van der Waals surface area contributed by atoms with E-state index in [-0.39, 0.29) is 11.0 Å². The molecule has 3 rings (SSSR count). The minimum absolute atomic E-state index is 0.0828. The van der Waals surface area contributed by atoms with Crippen LogP contribution in [0.15, 0.2) is 40.9 Å². The Hall–Kier alpha value is -1.06. The summed E-state index contributed by atoms with van der Waals surface area (Å²) in [6.45, 7) is 8.92. The summed E-state index contributed by atoms with van der Waals surface area (Å²) in [7, 11) is 1.71. The van der Waals surface area contributed by atoms with Gasteiger partial charge in [-0.05, 0) is 75.6 Å². The molecule has 0 unspecified atom stereocenters. The van der Waals surface area contributed by atoms with E-state index in [4.69, 9.17) is 9.47 Å². The molecule has 0 aliphatic heterocycles. The number of hydrogen-bond acceptors (Lipinski definition) is 2. The van der Waals surface area contributed by atoms with E-state index in [1.165, 1.54) is 6.42 Å². The molecule has 2 aliphatic rings. The quantitative estimate of drug-likeness (QED) is 0.509. The van der Waals surface area contributed by atoms with E-state index in [0.29, 0.717) is 17.9 Å². The molecule has 4 atom stereocenters. The van der Waals surface area contributed by atoms with Crippen LogP contribution < -0.4 is 4.74 Å². The zero-order valence-corrected chi connectivity index (χ0v) is 18.2. The second kappa shape index (κ2) is 7.52. The van der Waals surface area contributed by atoms with Crippen molar-refractivity contribution < 1.29 is 9.47 Å². The monoisotopic (exact) mass is 418 g/mol. The lowest BCUT2D eigenvalue weighted by Gasteiger charge is -2.43. The van der Waals surface area contributed by atoms with Gasteiger partial charge in [0.15, 0.2) is 0 Å². The lowest BCUT2D eigenvalue weighted by atomic mass is 9.66. The van der Waals surface area contributed by atoms with E-state index in [9.17, 15) is 0 Å². The Morgan fingerprint density at radius 3 is 2.69 bits per heavy atom. The van der Waals surface area contributed by atoms with E-state index < -0.39 is 0 Å². The lowest BCUT2D eigenvalue weighted by Crippen LogP contribution is -2.41. The number of benzene rings is 1. The van der Waals surface area contributed by atoms with Crippen molar-refractivity contribution in [3.63, 3.8) is 0 Å². The fraction of sp³-hybridized carbons (Fsp3) is 0.565. The average molecular weight is 419 g/mol. The molecule has 0 spiro atoms. The van der Waals surface area contributed by atoms with Crippen molar-refractivity contribution in [2.75, 3.05) is 7.11 Å². The zero-order chi connectivity index (χ0) is 18.9. The third-order valence-corrected chi connectivity index (χ3v) is 6.62. The number of hydrogen-bond donors (Lipinski definition) is 0. The molecule has 26 heavy (non-hydrogen) atoms. The van der Waals surface area contributed by atoms with Gasteiger partial charge in [0.25, 0.3) is 0 Å². The third-order valence-electron chi connectivity index (χ3n) is 5.90. The molecule has 0 N–H and O–H groups in total. The highest BCUT2D eigenvalue weighted by Crippen LogP contribution is 2.54. The molecule has 0 radical (unpaired) electrons. The van der Waals surface area contributed by atoms with Crippen LogP contribution in [0.2, 0.25) is 0 Å². The first-order chi connectivity index (χ1) is 12.2. The van der Waals surface area contributed by atoms with Gasteiger partial charge in [0, 0.05) is 9.89 Å². The summed E-state index contributed by atoms with van der Waals surface area (Å²) in [6, 6.07) is 6.10. The molecule has 3 heteroatoms. The SMILES string of the molecule is COc1ccc(Br)c(/C=C\[C@@H]2C=CC[C@]3(C)[C@@H](OC(C)(C)C)CC[C@@H]23)c1. The van der Waals surface area contributed by atoms with Gasteiger partial charge >= 0.3 is 0 Å². The van der Waals surface area contributed by atoms with Crippen LogP contribution in [-0.4, -0.2) is 18.8 Å². The predicted molar refractivity (Wildman–Crippen MR) is 112 cm³/mol. The van der Waals surface area contributed by atoms with Gasteiger partial charge < -0.3 is 9.47 Å². The van der Waals surface area contributed by atoms with Crippen LogP contribution in [-0.2, 0) is 4.74 Å². The molecule has 1 fully saturated rings. The highest BCUT2D eigenvalue weighted by Gasteiger charge is 2.50. The molecule has 1 aromatic carbocycles. The maximum atomic E-state index is 6.45. The molecule has 0 saturated heterocycles. The van der Waals surface area contributed by atoms with Crippen LogP contribution in [0.25, 0.3) is 6.08 Å². The van der Waals surface area contributed by atoms with Crippen molar-refractivity contribution >= 4 is 22.0 Å². The Bertz CT molecular complexity index is 701. The Labute approximate surface area is 166 Å². The molecule has 0 amide bonds. The topological polar surface area (TPSA) is 18.5 Å². The normalized spacial score (nSPS) is 31.4. The van der Waals surface area contributed by atoms with Gasteiger partial charge in [-0.15, -0.1) is 0 Å². The molecular formula is C23H31BrO2. The van der Waals surface area contributed by atoms with Crippen molar-refractivity contribution in [2.45, 2.75) is 58.7 Å². The summed E-state index contributed by atoms with van der Waals surface area (Å²) in [5.41, 5.74) is 1.30. The van der Waals surface area contributed by atoms with Crippen LogP contribution in [0.3, 0.4) is 0 Å². The Kier molecular flexibility index (Phi) is 5.69. The van der Waals surface area contributed by atoms with Crippen molar-refractivity contribution in [2.24, 2.45) is 17.3 Å². The smallest absolute Gasteiger partial charge is 0.119 e. The largest absolute Gasteiger partial charge is 0.497 e. The van der Waals surface area contributed by atoms with E-state index >= 15 is 0 Å². The van der Waals surface area contributed by atoms with Crippen molar-refractivity contribution in [3.05, 3.63) is 46.5 Å². The number of rotatable bonds is 4. The van der Waals surface area contributed by atoms with E-state index in [0.717, 1.165) is 28.6 Å². The van der Waals surface area contributed by atoms with E-state index in [2.05, 4.69) is 74.0 Å². The van der Waals surface area contributed by atoms with Crippen molar-refractivity contribution in [1.82, 2.24) is 0 Å².